The first-order valence-corrected chi connectivity index (χ1v) is 4.55. The molecule has 0 radical (unpaired) electrons. The summed E-state index contributed by atoms with van der Waals surface area (Å²) in [6.45, 7) is 3.80. The van der Waals surface area contributed by atoms with E-state index in [0.717, 1.165) is 0 Å². The molecule has 14 heavy (non-hydrogen) atoms. The molecule has 0 saturated carbocycles. The van der Waals surface area contributed by atoms with Crippen LogP contribution in [0.2, 0.25) is 0 Å². The van der Waals surface area contributed by atoms with Crippen LogP contribution in [0.3, 0.4) is 0 Å². The number of carbonyl (C=O) groups excluding carboxylic acids is 1. The molecule has 1 aromatic heterocycles. The molecule has 1 aromatic rings. The summed E-state index contributed by atoms with van der Waals surface area (Å²) in [5.41, 5.74) is 5.46. The summed E-state index contributed by atoms with van der Waals surface area (Å²) in [7, 11) is 0. The van der Waals surface area contributed by atoms with Crippen LogP contribution in [0.4, 0.5) is 5.82 Å². The number of rotatable bonds is 4. The third kappa shape index (κ3) is 4.04. The molecule has 1 heterocycles. The van der Waals surface area contributed by atoms with Gasteiger partial charge in [0.25, 0.3) is 0 Å². The van der Waals surface area contributed by atoms with Crippen molar-refractivity contribution in [1.29, 1.82) is 0 Å². The van der Waals surface area contributed by atoms with Crippen molar-refractivity contribution in [1.82, 2.24) is 10.2 Å². The summed E-state index contributed by atoms with van der Waals surface area (Å²) in [6, 6.07) is 1.70. The predicted molar refractivity (Wildman–Crippen MR) is 54.7 cm³/mol. The zero-order valence-electron chi connectivity index (χ0n) is 8.50. The van der Waals surface area contributed by atoms with Gasteiger partial charge >= 0.3 is 0 Å². The zero-order valence-corrected chi connectivity index (χ0v) is 8.50. The average molecular weight is 196 g/mol. The van der Waals surface area contributed by atoms with Gasteiger partial charge in [0, 0.05) is 18.0 Å². The molecule has 1 amide bonds. The molecule has 0 aliphatic heterocycles. The lowest BCUT2D eigenvalue weighted by molar-refractivity contribution is -0.116. The van der Waals surface area contributed by atoms with Crippen LogP contribution in [-0.2, 0) is 4.79 Å². The SMILES string of the molecule is CC(C)(N)CCC(=O)Nc1ccn[nH]1. The predicted octanol–water partition coefficient (Wildman–Crippen LogP) is 0.866. The number of carbonyl (C=O) groups is 1. The monoisotopic (exact) mass is 196 g/mol. The van der Waals surface area contributed by atoms with Crippen LogP contribution in [-0.4, -0.2) is 21.6 Å². The second kappa shape index (κ2) is 4.23. The number of hydrogen-bond donors (Lipinski definition) is 3. The van der Waals surface area contributed by atoms with Gasteiger partial charge < -0.3 is 11.1 Å². The molecular weight excluding hydrogens is 180 g/mol. The Bertz CT molecular complexity index is 286. The molecule has 4 N–H and O–H groups in total. The van der Waals surface area contributed by atoms with Crippen molar-refractivity contribution in [3.63, 3.8) is 0 Å². The Morgan fingerprint density at radius 1 is 1.71 bits per heavy atom. The first kappa shape index (κ1) is 10.7. The lowest BCUT2D eigenvalue weighted by Gasteiger charge is -2.17. The smallest absolute Gasteiger partial charge is 0.225 e. The second-order valence-electron chi connectivity index (χ2n) is 4.01. The van der Waals surface area contributed by atoms with Crippen molar-refractivity contribution in [2.75, 3.05) is 5.32 Å². The number of nitrogens with two attached hydrogens (primary N) is 1. The van der Waals surface area contributed by atoms with Gasteiger partial charge in [-0.05, 0) is 20.3 Å². The van der Waals surface area contributed by atoms with Crippen LogP contribution in [0.15, 0.2) is 12.3 Å². The quantitative estimate of drug-likeness (QED) is 0.668. The highest BCUT2D eigenvalue weighted by atomic mass is 16.1. The van der Waals surface area contributed by atoms with Crippen molar-refractivity contribution in [2.45, 2.75) is 32.2 Å². The fraction of sp³-hybridized carbons (Fsp3) is 0.556. The van der Waals surface area contributed by atoms with E-state index in [1.54, 1.807) is 12.3 Å². The maximum Gasteiger partial charge on any atom is 0.225 e. The molecule has 1 rings (SSSR count). The molecule has 5 nitrogen and oxygen atoms in total. The van der Waals surface area contributed by atoms with Gasteiger partial charge in [-0.3, -0.25) is 9.89 Å². The van der Waals surface area contributed by atoms with Crippen LogP contribution in [0.25, 0.3) is 0 Å². The number of anilines is 1. The van der Waals surface area contributed by atoms with Gasteiger partial charge in [-0.2, -0.15) is 5.10 Å². The average Bonchev–Trinajstić information content (AvgIpc) is 2.52. The Kier molecular flexibility index (Phi) is 3.24. The largest absolute Gasteiger partial charge is 0.326 e. The molecule has 5 heteroatoms. The lowest BCUT2D eigenvalue weighted by Crippen LogP contribution is -2.33. The standard InChI is InChI=1S/C9H16N4O/c1-9(2,10)5-3-8(14)12-7-4-6-11-13-7/h4,6H,3,5,10H2,1-2H3,(H2,11,12,13,14). The van der Waals surface area contributed by atoms with Crippen LogP contribution in [0.5, 0.6) is 0 Å². The Hall–Kier alpha value is -1.36. The molecule has 0 aliphatic carbocycles. The molecule has 0 atom stereocenters. The maximum absolute atomic E-state index is 11.3. The molecule has 0 saturated heterocycles. The van der Waals surface area contributed by atoms with Gasteiger partial charge in [0.1, 0.15) is 5.82 Å². The van der Waals surface area contributed by atoms with Gasteiger partial charge in [0.2, 0.25) is 5.91 Å². The second-order valence-corrected chi connectivity index (χ2v) is 4.01. The number of hydrogen-bond acceptors (Lipinski definition) is 3. The molecular formula is C9H16N4O. The van der Waals surface area contributed by atoms with Gasteiger partial charge in [0.05, 0.1) is 6.20 Å². The van der Waals surface area contributed by atoms with E-state index in [9.17, 15) is 4.79 Å². The van der Waals surface area contributed by atoms with E-state index >= 15 is 0 Å². The minimum atomic E-state index is -0.300. The van der Waals surface area contributed by atoms with Crippen molar-refractivity contribution in [3.05, 3.63) is 12.3 Å². The van der Waals surface area contributed by atoms with Gasteiger partial charge in [0.15, 0.2) is 0 Å². The van der Waals surface area contributed by atoms with Crippen molar-refractivity contribution in [3.8, 4) is 0 Å². The summed E-state index contributed by atoms with van der Waals surface area (Å²) in [4.78, 5) is 11.3. The van der Waals surface area contributed by atoms with Gasteiger partial charge in [-0.1, -0.05) is 0 Å². The molecule has 0 fully saturated rings. The fourth-order valence-electron chi connectivity index (χ4n) is 0.974. The first-order valence-electron chi connectivity index (χ1n) is 4.55. The van der Waals surface area contributed by atoms with E-state index in [0.29, 0.717) is 18.7 Å². The van der Waals surface area contributed by atoms with Crippen molar-refractivity contribution >= 4 is 11.7 Å². The lowest BCUT2D eigenvalue weighted by atomic mass is 10.00. The minimum absolute atomic E-state index is 0.0484. The summed E-state index contributed by atoms with van der Waals surface area (Å²) >= 11 is 0. The number of nitrogens with zero attached hydrogens (tertiary/aromatic N) is 1. The van der Waals surface area contributed by atoms with Crippen LogP contribution < -0.4 is 11.1 Å². The Morgan fingerprint density at radius 2 is 2.43 bits per heavy atom. The summed E-state index contributed by atoms with van der Waals surface area (Å²) in [5.74, 6) is 0.567. The topological polar surface area (TPSA) is 83.8 Å². The summed E-state index contributed by atoms with van der Waals surface area (Å²) in [5, 5.41) is 9.05. The normalized spacial score (nSPS) is 11.4. The highest BCUT2D eigenvalue weighted by Crippen LogP contribution is 2.08. The van der Waals surface area contributed by atoms with E-state index in [4.69, 9.17) is 5.73 Å². The molecule has 0 spiro atoms. The molecule has 78 valence electrons. The fourth-order valence-corrected chi connectivity index (χ4v) is 0.974. The highest BCUT2D eigenvalue weighted by Gasteiger charge is 2.13. The molecule has 0 aliphatic rings. The third-order valence-electron chi connectivity index (χ3n) is 1.77. The van der Waals surface area contributed by atoms with Crippen LogP contribution in [0, 0.1) is 0 Å². The van der Waals surface area contributed by atoms with Crippen LogP contribution >= 0.6 is 0 Å². The van der Waals surface area contributed by atoms with Crippen LogP contribution in [0.1, 0.15) is 26.7 Å². The van der Waals surface area contributed by atoms with Crippen molar-refractivity contribution < 1.29 is 4.79 Å². The zero-order chi connectivity index (χ0) is 10.6. The van der Waals surface area contributed by atoms with Crippen molar-refractivity contribution in [2.24, 2.45) is 5.73 Å². The van der Waals surface area contributed by atoms with E-state index in [1.807, 2.05) is 13.8 Å². The Labute approximate surface area is 83.1 Å². The minimum Gasteiger partial charge on any atom is -0.326 e. The van der Waals surface area contributed by atoms with E-state index in [-0.39, 0.29) is 11.4 Å². The van der Waals surface area contributed by atoms with Gasteiger partial charge in [-0.15, -0.1) is 0 Å². The number of nitrogens with one attached hydrogen (secondary N) is 2. The number of aromatic amines is 1. The Balaban J connectivity index is 2.30. The maximum atomic E-state index is 11.3. The summed E-state index contributed by atoms with van der Waals surface area (Å²) < 4.78 is 0. The number of amides is 1. The third-order valence-corrected chi connectivity index (χ3v) is 1.77. The molecule has 0 aromatic carbocycles. The molecule has 0 unspecified atom stereocenters. The van der Waals surface area contributed by atoms with E-state index < -0.39 is 0 Å². The van der Waals surface area contributed by atoms with Gasteiger partial charge in [-0.25, -0.2) is 0 Å². The first-order chi connectivity index (χ1) is 6.47. The van der Waals surface area contributed by atoms with E-state index in [2.05, 4.69) is 15.5 Å². The van der Waals surface area contributed by atoms with E-state index in [1.165, 1.54) is 0 Å². The highest BCUT2D eigenvalue weighted by molar-refractivity contribution is 5.89. The molecule has 0 bridgehead atoms. The number of aromatic nitrogens is 2. The Morgan fingerprint density at radius 3 is 2.93 bits per heavy atom. The number of H-pyrrole nitrogens is 1. The summed E-state index contributed by atoms with van der Waals surface area (Å²) in [6.07, 6.45) is 2.66.